The van der Waals surface area contributed by atoms with Crippen molar-refractivity contribution in [2.45, 2.75) is 50.3 Å². The maximum Gasteiger partial charge on any atom is 0.317 e. The molecule has 3 aliphatic rings. The third-order valence-electron chi connectivity index (χ3n) is 4.61. The van der Waals surface area contributed by atoms with Gasteiger partial charge in [-0.1, -0.05) is 0 Å². The molecule has 2 saturated heterocycles. The summed E-state index contributed by atoms with van der Waals surface area (Å²) in [5, 5.41) is 3.07. The standard InChI is InChI=1S/C13H23N3O2/c14-10-9-5-4-8-18-12(9)11(10)15-13(17)16-6-2-1-3-7-16/h9-12H,1-8,14H2,(H,15,17). The molecule has 2 amide bonds. The summed E-state index contributed by atoms with van der Waals surface area (Å²) >= 11 is 0. The number of hydrogen-bond donors (Lipinski definition) is 2. The Labute approximate surface area is 108 Å². The lowest BCUT2D eigenvalue weighted by Gasteiger charge is -2.52. The van der Waals surface area contributed by atoms with Crippen molar-refractivity contribution in [3.63, 3.8) is 0 Å². The first-order valence-electron chi connectivity index (χ1n) is 7.20. The van der Waals surface area contributed by atoms with Crippen LogP contribution < -0.4 is 11.1 Å². The van der Waals surface area contributed by atoms with Crippen LogP contribution in [-0.4, -0.2) is 48.8 Å². The predicted molar refractivity (Wildman–Crippen MR) is 68.2 cm³/mol. The number of piperidine rings is 1. The molecular weight excluding hydrogens is 230 g/mol. The van der Waals surface area contributed by atoms with Crippen LogP contribution in [0, 0.1) is 5.92 Å². The van der Waals surface area contributed by atoms with E-state index >= 15 is 0 Å². The Morgan fingerprint density at radius 2 is 2.00 bits per heavy atom. The van der Waals surface area contributed by atoms with Crippen molar-refractivity contribution < 1.29 is 9.53 Å². The number of fused-ring (bicyclic) bond motifs is 1. The first kappa shape index (κ1) is 12.2. The summed E-state index contributed by atoms with van der Waals surface area (Å²) in [5.41, 5.74) is 6.14. The summed E-state index contributed by atoms with van der Waals surface area (Å²) in [4.78, 5) is 14.0. The number of hydrogen-bond acceptors (Lipinski definition) is 3. The molecule has 1 aliphatic carbocycles. The molecule has 0 bridgehead atoms. The van der Waals surface area contributed by atoms with Gasteiger partial charge in [-0.3, -0.25) is 0 Å². The molecule has 2 aliphatic heterocycles. The molecule has 2 heterocycles. The second-order valence-electron chi connectivity index (χ2n) is 5.74. The molecule has 0 aromatic carbocycles. The van der Waals surface area contributed by atoms with Gasteiger partial charge in [-0.05, 0) is 32.1 Å². The molecule has 0 aromatic rings. The Hall–Kier alpha value is -0.810. The second kappa shape index (κ2) is 5.05. The summed E-state index contributed by atoms with van der Waals surface area (Å²) in [7, 11) is 0. The van der Waals surface area contributed by atoms with Crippen molar-refractivity contribution in [2.24, 2.45) is 11.7 Å². The number of carbonyl (C=O) groups excluding carboxylic acids is 1. The third-order valence-corrected chi connectivity index (χ3v) is 4.61. The minimum Gasteiger partial charge on any atom is -0.376 e. The lowest BCUT2D eigenvalue weighted by atomic mass is 9.69. The van der Waals surface area contributed by atoms with E-state index in [1.54, 1.807) is 0 Å². The van der Waals surface area contributed by atoms with Crippen molar-refractivity contribution in [2.75, 3.05) is 19.7 Å². The average Bonchev–Trinajstić information content (AvgIpc) is 2.45. The molecule has 18 heavy (non-hydrogen) atoms. The second-order valence-corrected chi connectivity index (χ2v) is 5.74. The molecule has 0 radical (unpaired) electrons. The van der Waals surface area contributed by atoms with Gasteiger partial charge in [0.15, 0.2) is 0 Å². The van der Waals surface area contributed by atoms with Crippen LogP contribution in [0.25, 0.3) is 0 Å². The van der Waals surface area contributed by atoms with Crippen LogP contribution >= 0.6 is 0 Å². The van der Waals surface area contributed by atoms with Crippen LogP contribution in [0.5, 0.6) is 0 Å². The lowest BCUT2D eigenvalue weighted by Crippen LogP contribution is -2.72. The van der Waals surface area contributed by atoms with E-state index < -0.39 is 0 Å². The zero-order valence-corrected chi connectivity index (χ0v) is 10.8. The summed E-state index contributed by atoms with van der Waals surface area (Å²) in [6.45, 7) is 2.56. The number of urea groups is 1. The van der Waals surface area contributed by atoms with Gasteiger partial charge in [0.2, 0.25) is 0 Å². The van der Waals surface area contributed by atoms with E-state index in [0.717, 1.165) is 45.4 Å². The van der Waals surface area contributed by atoms with Crippen molar-refractivity contribution in [1.82, 2.24) is 10.2 Å². The van der Waals surface area contributed by atoms with Gasteiger partial charge in [0.1, 0.15) is 0 Å². The summed E-state index contributed by atoms with van der Waals surface area (Å²) < 4.78 is 5.73. The van der Waals surface area contributed by atoms with E-state index in [1.807, 2.05) is 4.90 Å². The molecule has 3 fully saturated rings. The van der Waals surface area contributed by atoms with Gasteiger partial charge in [0.05, 0.1) is 12.1 Å². The van der Waals surface area contributed by atoms with Crippen LogP contribution in [0.4, 0.5) is 4.79 Å². The maximum absolute atomic E-state index is 12.1. The molecule has 3 N–H and O–H groups in total. The number of ether oxygens (including phenoxy) is 1. The molecule has 5 nitrogen and oxygen atoms in total. The summed E-state index contributed by atoms with van der Waals surface area (Å²) in [6.07, 6.45) is 5.87. The third kappa shape index (κ3) is 2.10. The minimum atomic E-state index is 0.0183. The van der Waals surface area contributed by atoms with Gasteiger partial charge in [-0.25, -0.2) is 4.79 Å². The summed E-state index contributed by atoms with van der Waals surface area (Å²) in [5.74, 6) is 0.449. The highest BCUT2D eigenvalue weighted by Crippen LogP contribution is 2.37. The summed E-state index contributed by atoms with van der Waals surface area (Å²) in [6, 6.07) is 0.136. The maximum atomic E-state index is 12.1. The molecular formula is C13H23N3O2. The van der Waals surface area contributed by atoms with E-state index in [1.165, 1.54) is 6.42 Å². The van der Waals surface area contributed by atoms with E-state index in [2.05, 4.69) is 5.32 Å². The quantitative estimate of drug-likeness (QED) is 0.722. The monoisotopic (exact) mass is 253 g/mol. The fourth-order valence-electron chi connectivity index (χ4n) is 3.46. The first-order valence-corrected chi connectivity index (χ1v) is 7.20. The Morgan fingerprint density at radius 3 is 2.78 bits per heavy atom. The zero-order valence-electron chi connectivity index (χ0n) is 10.8. The van der Waals surface area contributed by atoms with Crippen molar-refractivity contribution >= 4 is 6.03 Å². The zero-order chi connectivity index (χ0) is 12.5. The van der Waals surface area contributed by atoms with Crippen molar-refractivity contribution in [3.05, 3.63) is 0 Å². The van der Waals surface area contributed by atoms with E-state index in [9.17, 15) is 4.79 Å². The molecule has 0 aromatic heterocycles. The smallest absolute Gasteiger partial charge is 0.317 e. The SMILES string of the molecule is NC1C2CCCOC2C1NC(=O)N1CCCCC1. The highest BCUT2D eigenvalue weighted by molar-refractivity contribution is 5.75. The van der Waals surface area contributed by atoms with Gasteiger partial charge in [-0.2, -0.15) is 0 Å². The van der Waals surface area contributed by atoms with Gasteiger partial charge in [0.25, 0.3) is 0 Å². The van der Waals surface area contributed by atoms with Gasteiger partial charge < -0.3 is 20.7 Å². The average molecular weight is 253 g/mol. The Balaban J connectivity index is 1.54. The lowest BCUT2D eigenvalue weighted by molar-refractivity contribution is -0.117. The number of nitrogens with two attached hydrogens (primary N) is 1. The largest absolute Gasteiger partial charge is 0.376 e. The Morgan fingerprint density at radius 1 is 1.22 bits per heavy atom. The van der Waals surface area contributed by atoms with E-state index in [0.29, 0.717) is 5.92 Å². The molecule has 4 atom stereocenters. The van der Waals surface area contributed by atoms with Crippen molar-refractivity contribution in [3.8, 4) is 0 Å². The van der Waals surface area contributed by atoms with Crippen LogP contribution in [0.2, 0.25) is 0 Å². The molecule has 5 heteroatoms. The van der Waals surface area contributed by atoms with Crippen LogP contribution in [0.15, 0.2) is 0 Å². The van der Waals surface area contributed by atoms with Crippen LogP contribution in [0.1, 0.15) is 32.1 Å². The minimum absolute atomic E-state index is 0.0183. The number of likely N-dealkylation sites (tertiary alicyclic amines) is 1. The fraction of sp³-hybridized carbons (Fsp3) is 0.923. The van der Waals surface area contributed by atoms with E-state index in [-0.39, 0.29) is 24.2 Å². The van der Waals surface area contributed by atoms with E-state index in [4.69, 9.17) is 10.5 Å². The first-order chi connectivity index (χ1) is 8.77. The fourth-order valence-corrected chi connectivity index (χ4v) is 3.46. The predicted octanol–water partition coefficient (Wildman–Crippen LogP) is 0.687. The highest BCUT2D eigenvalue weighted by Gasteiger charge is 2.51. The molecule has 0 spiro atoms. The highest BCUT2D eigenvalue weighted by atomic mass is 16.5. The Kier molecular flexibility index (Phi) is 3.43. The van der Waals surface area contributed by atoms with Crippen LogP contribution in [-0.2, 0) is 4.74 Å². The number of nitrogens with one attached hydrogen (secondary N) is 1. The number of amides is 2. The van der Waals surface area contributed by atoms with Gasteiger partial charge in [-0.15, -0.1) is 0 Å². The molecule has 3 rings (SSSR count). The number of rotatable bonds is 1. The van der Waals surface area contributed by atoms with Gasteiger partial charge >= 0.3 is 6.03 Å². The Bertz CT molecular complexity index is 317. The number of carbonyl (C=O) groups is 1. The molecule has 1 saturated carbocycles. The van der Waals surface area contributed by atoms with Crippen LogP contribution in [0.3, 0.4) is 0 Å². The van der Waals surface area contributed by atoms with Crippen molar-refractivity contribution in [1.29, 1.82) is 0 Å². The molecule has 102 valence electrons. The van der Waals surface area contributed by atoms with Gasteiger partial charge in [0, 0.05) is 31.7 Å². The number of nitrogens with zero attached hydrogens (tertiary/aromatic N) is 1. The topological polar surface area (TPSA) is 67.6 Å². The normalized spacial score (nSPS) is 39.7. The molecule has 4 unspecified atom stereocenters.